The molecule has 2 aliphatic carbocycles. The molecule has 0 spiro atoms. The maximum absolute atomic E-state index is 14.3. The van der Waals surface area contributed by atoms with Crippen molar-refractivity contribution in [2.45, 2.75) is 32.6 Å². The first-order valence-corrected chi connectivity index (χ1v) is 10.5. The first kappa shape index (κ1) is 21.5. The number of halogens is 1. The molecule has 0 aliphatic heterocycles. The maximum atomic E-state index is 14.3. The van der Waals surface area contributed by atoms with Gasteiger partial charge in [0.15, 0.2) is 0 Å². The normalized spacial score (nSPS) is 13.5. The van der Waals surface area contributed by atoms with Crippen molar-refractivity contribution in [2.24, 2.45) is 0 Å². The van der Waals surface area contributed by atoms with Crippen molar-refractivity contribution in [1.82, 2.24) is 0 Å². The van der Waals surface area contributed by atoms with Gasteiger partial charge in [0.2, 0.25) is 0 Å². The van der Waals surface area contributed by atoms with E-state index in [1.165, 1.54) is 40.1 Å². The van der Waals surface area contributed by atoms with Gasteiger partial charge in [0.1, 0.15) is 5.83 Å². The number of carboxylic acids is 2. The summed E-state index contributed by atoms with van der Waals surface area (Å²) in [6.07, 6.45) is 6.17. The fourth-order valence-electron chi connectivity index (χ4n) is 4.42. The van der Waals surface area contributed by atoms with E-state index in [-0.39, 0.29) is 17.0 Å². The summed E-state index contributed by atoms with van der Waals surface area (Å²) in [5.74, 6) is -2.22. The minimum absolute atomic E-state index is 0.00241. The Morgan fingerprint density at radius 3 is 2.16 bits per heavy atom. The Balaban J connectivity index is 0.000000166. The van der Waals surface area contributed by atoms with Crippen LogP contribution in [0.15, 0.2) is 54.6 Å². The average molecular weight is 430 g/mol. The summed E-state index contributed by atoms with van der Waals surface area (Å²) in [6, 6.07) is 16.2. The molecule has 0 amide bonds. The first-order valence-electron chi connectivity index (χ1n) is 10.5. The molecular formula is C27H23FO4. The topological polar surface area (TPSA) is 74.6 Å². The van der Waals surface area contributed by atoms with E-state index < -0.39 is 11.9 Å². The number of aryl methyl sites for hydroxylation is 1. The van der Waals surface area contributed by atoms with Crippen LogP contribution in [-0.2, 0) is 12.8 Å². The Labute approximate surface area is 184 Å². The van der Waals surface area contributed by atoms with Crippen molar-refractivity contribution in [3.8, 4) is 0 Å². The van der Waals surface area contributed by atoms with Crippen LogP contribution in [0.3, 0.4) is 0 Å². The second-order valence-corrected chi connectivity index (χ2v) is 8.08. The molecule has 0 atom stereocenters. The van der Waals surface area contributed by atoms with Crippen LogP contribution >= 0.6 is 0 Å². The summed E-state index contributed by atoms with van der Waals surface area (Å²) in [5.41, 5.74) is 3.20. The molecule has 0 heterocycles. The third kappa shape index (κ3) is 4.19. The zero-order chi connectivity index (χ0) is 22.8. The highest BCUT2D eigenvalue weighted by molar-refractivity contribution is 5.94. The van der Waals surface area contributed by atoms with Crippen LogP contribution in [0, 0.1) is 17.4 Å². The van der Waals surface area contributed by atoms with Crippen molar-refractivity contribution < 1.29 is 24.2 Å². The second-order valence-electron chi connectivity index (χ2n) is 8.08. The smallest absolute Gasteiger partial charge is 0.335 e. The second kappa shape index (κ2) is 8.79. The van der Waals surface area contributed by atoms with Crippen LogP contribution in [0.1, 0.15) is 50.2 Å². The molecule has 0 radical (unpaired) electrons. The van der Waals surface area contributed by atoms with E-state index >= 15 is 0 Å². The third-order valence-electron chi connectivity index (χ3n) is 5.88. The van der Waals surface area contributed by atoms with E-state index in [9.17, 15) is 14.0 Å². The number of carbonyl (C=O) groups is 2. The van der Waals surface area contributed by atoms with E-state index in [0.29, 0.717) is 12.0 Å². The molecule has 0 unspecified atom stereocenters. The van der Waals surface area contributed by atoms with Crippen LogP contribution in [0.25, 0.3) is 11.9 Å². The van der Waals surface area contributed by atoms with Gasteiger partial charge in [0.25, 0.3) is 0 Å². The largest absolute Gasteiger partial charge is 0.478 e. The Morgan fingerprint density at radius 2 is 1.50 bits per heavy atom. The molecule has 0 saturated carbocycles. The zero-order valence-electron chi connectivity index (χ0n) is 17.7. The molecule has 5 heteroatoms. The van der Waals surface area contributed by atoms with E-state index in [2.05, 4.69) is 18.2 Å². The molecule has 0 fully saturated rings. The quantitative estimate of drug-likeness (QED) is 0.642. The minimum Gasteiger partial charge on any atom is -0.478 e. The minimum atomic E-state index is -1.12. The number of carboxylic acid groups (broad SMARTS) is 2. The van der Waals surface area contributed by atoms with Crippen molar-refractivity contribution in [3.63, 3.8) is 0 Å². The fraction of sp³-hybridized carbons (Fsp3) is 0.185. The summed E-state index contributed by atoms with van der Waals surface area (Å²) in [7, 11) is 0. The van der Waals surface area contributed by atoms with E-state index in [4.69, 9.17) is 10.2 Å². The van der Waals surface area contributed by atoms with Crippen LogP contribution in [0.2, 0.25) is 0 Å². The predicted octanol–water partition coefficient (Wildman–Crippen LogP) is 4.12. The summed E-state index contributed by atoms with van der Waals surface area (Å²) >= 11 is 0. The van der Waals surface area contributed by atoms with E-state index in [1.54, 1.807) is 6.92 Å². The zero-order valence-corrected chi connectivity index (χ0v) is 17.7. The summed E-state index contributed by atoms with van der Waals surface area (Å²) in [5, 5.41) is 21.6. The van der Waals surface area contributed by atoms with Gasteiger partial charge in [-0.05, 0) is 76.7 Å². The predicted molar refractivity (Wildman–Crippen MR) is 121 cm³/mol. The highest BCUT2D eigenvalue weighted by atomic mass is 19.1. The van der Waals surface area contributed by atoms with Gasteiger partial charge in [-0.25, -0.2) is 14.0 Å². The number of fused-ring (bicyclic) bond motifs is 4. The number of hydrogen-bond acceptors (Lipinski definition) is 2. The Bertz CT molecular complexity index is 1420. The summed E-state index contributed by atoms with van der Waals surface area (Å²) in [4.78, 5) is 21.1. The number of benzene rings is 3. The molecule has 3 aromatic carbocycles. The van der Waals surface area contributed by atoms with Crippen LogP contribution in [-0.4, -0.2) is 22.2 Å². The molecule has 2 N–H and O–H groups in total. The van der Waals surface area contributed by atoms with Gasteiger partial charge in [-0.3, -0.25) is 0 Å². The van der Waals surface area contributed by atoms with Gasteiger partial charge in [-0.15, -0.1) is 0 Å². The molecule has 3 aromatic rings. The van der Waals surface area contributed by atoms with Gasteiger partial charge in [-0.2, -0.15) is 0 Å². The number of rotatable bonds is 2. The van der Waals surface area contributed by atoms with Crippen molar-refractivity contribution in [1.29, 1.82) is 0 Å². The molecule has 162 valence electrons. The average Bonchev–Trinajstić information content (AvgIpc) is 2.79. The lowest BCUT2D eigenvalue weighted by Gasteiger charge is -2.17. The lowest BCUT2D eigenvalue weighted by atomic mass is 9.88. The van der Waals surface area contributed by atoms with Crippen molar-refractivity contribution in [2.75, 3.05) is 0 Å². The highest BCUT2D eigenvalue weighted by Gasteiger charge is 2.15. The fourth-order valence-corrected chi connectivity index (χ4v) is 4.42. The molecule has 0 saturated heterocycles. The molecule has 0 bridgehead atoms. The molecular weight excluding hydrogens is 407 g/mol. The Hall–Kier alpha value is -3.73. The monoisotopic (exact) mass is 430 g/mol. The molecule has 0 aromatic heterocycles. The van der Waals surface area contributed by atoms with Gasteiger partial charge in [0, 0.05) is 11.6 Å². The van der Waals surface area contributed by atoms with E-state index in [0.717, 1.165) is 29.3 Å². The summed E-state index contributed by atoms with van der Waals surface area (Å²) < 4.78 is 14.3. The highest BCUT2D eigenvalue weighted by Crippen LogP contribution is 2.21. The van der Waals surface area contributed by atoms with Crippen LogP contribution < -0.4 is 10.4 Å². The van der Waals surface area contributed by atoms with Crippen LogP contribution in [0.4, 0.5) is 4.39 Å². The standard InChI is InChI=1S/C18H15F.C9H8O4/c19-18-11-17-13-6-2-1-5-12(13)9-10-15(17)14-7-3-4-8-16(14)18;1-5-2-6(8(10)11)4-7(3-5)9(12)13/h3-5,7-10H,1-2,6,11H2;2-4H,1H3,(H,10,11)(H,12,13). The Kier molecular flexibility index (Phi) is 5.91. The van der Waals surface area contributed by atoms with Gasteiger partial charge >= 0.3 is 11.9 Å². The number of aromatic carboxylic acids is 2. The lowest BCUT2D eigenvalue weighted by molar-refractivity contribution is 0.0696. The lowest BCUT2D eigenvalue weighted by Crippen LogP contribution is -2.21. The molecule has 4 nitrogen and oxygen atoms in total. The van der Waals surface area contributed by atoms with Crippen molar-refractivity contribution >= 4 is 23.8 Å². The molecule has 32 heavy (non-hydrogen) atoms. The summed E-state index contributed by atoms with van der Waals surface area (Å²) in [6.45, 7) is 1.65. The number of hydrogen-bond donors (Lipinski definition) is 2. The first-order chi connectivity index (χ1) is 15.3. The van der Waals surface area contributed by atoms with Gasteiger partial charge in [0.05, 0.1) is 11.1 Å². The Morgan fingerprint density at radius 1 is 0.844 bits per heavy atom. The SMILES string of the molecule is Cc1cc(C(=O)O)cc(C(=O)O)c1.FC1=c2ccccc2=c2ccc3c(c2C1)CCCC=3. The molecule has 5 rings (SSSR count). The third-order valence-corrected chi connectivity index (χ3v) is 5.88. The molecule has 2 aliphatic rings. The maximum Gasteiger partial charge on any atom is 0.335 e. The van der Waals surface area contributed by atoms with Crippen LogP contribution in [0.5, 0.6) is 0 Å². The van der Waals surface area contributed by atoms with Gasteiger partial charge in [-0.1, -0.05) is 42.5 Å². The van der Waals surface area contributed by atoms with E-state index in [1.807, 2.05) is 24.3 Å². The van der Waals surface area contributed by atoms with Gasteiger partial charge < -0.3 is 10.2 Å². The van der Waals surface area contributed by atoms with Crippen molar-refractivity contribution in [3.05, 3.63) is 103 Å².